The first-order valence-electron chi connectivity index (χ1n) is 11.4. The number of aromatic amines is 1. The number of hydrogen-bond donors (Lipinski definition) is 2. The summed E-state index contributed by atoms with van der Waals surface area (Å²) in [6.07, 6.45) is 5.98. The smallest absolute Gasteiger partial charge is 0.161 e. The Hall–Kier alpha value is -2.58. The van der Waals surface area contributed by atoms with Gasteiger partial charge in [-0.3, -0.25) is 0 Å². The van der Waals surface area contributed by atoms with Gasteiger partial charge in [-0.15, -0.1) is 11.8 Å². The highest BCUT2D eigenvalue weighted by molar-refractivity contribution is 8.00. The molecule has 168 valence electrons. The van der Waals surface area contributed by atoms with E-state index in [0.717, 1.165) is 54.2 Å². The fraction of sp³-hybridized carbons (Fsp3) is 0.458. The van der Waals surface area contributed by atoms with Crippen LogP contribution in [0.5, 0.6) is 0 Å². The normalized spacial score (nSPS) is 19.7. The van der Waals surface area contributed by atoms with Crippen molar-refractivity contribution in [1.82, 2.24) is 19.9 Å². The van der Waals surface area contributed by atoms with Crippen molar-refractivity contribution in [2.45, 2.75) is 44.0 Å². The summed E-state index contributed by atoms with van der Waals surface area (Å²) >= 11 is 2.01. The SMILES string of the molecule is CCSC1(c2cc(N3CCOCC3C)nc(-c3ccc(NCc4ncc[nH]4)cc3)n2)CC1. The number of benzene rings is 1. The number of anilines is 2. The summed E-state index contributed by atoms with van der Waals surface area (Å²) in [5, 5.41) is 3.40. The van der Waals surface area contributed by atoms with Crippen LogP contribution in [-0.2, 0) is 16.0 Å². The predicted molar refractivity (Wildman–Crippen MR) is 130 cm³/mol. The van der Waals surface area contributed by atoms with E-state index in [0.29, 0.717) is 12.6 Å². The van der Waals surface area contributed by atoms with Crippen molar-refractivity contribution < 1.29 is 4.74 Å². The zero-order valence-electron chi connectivity index (χ0n) is 18.7. The molecular formula is C24H30N6OS. The van der Waals surface area contributed by atoms with E-state index in [9.17, 15) is 0 Å². The minimum Gasteiger partial charge on any atom is -0.378 e. The van der Waals surface area contributed by atoms with Gasteiger partial charge in [-0.25, -0.2) is 15.0 Å². The standard InChI is InChI=1S/C24H30N6OS/c1-3-32-24(8-9-24)20-14-22(30-12-13-31-16-17(30)2)29-23(28-20)18-4-6-19(7-5-18)27-15-21-25-10-11-26-21/h4-7,10-11,14,17,27H,3,8-9,12-13,15-16H2,1-2H3,(H,25,26). The number of nitrogens with zero attached hydrogens (tertiary/aromatic N) is 4. The van der Waals surface area contributed by atoms with Crippen molar-refractivity contribution in [3.05, 3.63) is 54.2 Å². The van der Waals surface area contributed by atoms with Crippen LogP contribution < -0.4 is 10.2 Å². The van der Waals surface area contributed by atoms with E-state index >= 15 is 0 Å². The molecule has 1 aliphatic carbocycles. The van der Waals surface area contributed by atoms with Gasteiger partial charge >= 0.3 is 0 Å². The maximum atomic E-state index is 5.66. The molecule has 0 bridgehead atoms. The number of thioether (sulfide) groups is 1. The van der Waals surface area contributed by atoms with E-state index in [1.54, 1.807) is 6.20 Å². The average Bonchev–Trinajstić information content (AvgIpc) is 3.42. The van der Waals surface area contributed by atoms with E-state index < -0.39 is 0 Å². The van der Waals surface area contributed by atoms with Gasteiger partial charge in [-0.1, -0.05) is 6.92 Å². The molecule has 1 aromatic carbocycles. The fourth-order valence-corrected chi connectivity index (χ4v) is 5.39. The van der Waals surface area contributed by atoms with Crippen LogP contribution in [0, 0.1) is 0 Å². The summed E-state index contributed by atoms with van der Waals surface area (Å²) in [5.74, 6) is 3.83. The van der Waals surface area contributed by atoms with Gasteiger partial charge in [-0.05, 0) is 49.8 Å². The molecule has 2 aromatic heterocycles. The maximum absolute atomic E-state index is 5.66. The molecule has 3 heterocycles. The lowest BCUT2D eigenvalue weighted by Gasteiger charge is -2.34. The average molecular weight is 451 g/mol. The number of rotatable bonds is 8. The number of hydrogen-bond acceptors (Lipinski definition) is 7. The Morgan fingerprint density at radius 2 is 2.09 bits per heavy atom. The molecule has 2 aliphatic rings. The Morgan fingerprint density at radius 3 is 2.78 bits per heavy atom. The first-order valence-corrected chi connectivity index (χ1v) is 12.4. The van der Waals surface area contributed by atoms with Crippen molar-refractivity contribution in [2.75, 3.05) is 35.7 Å². The van der Waals surface area contributed by atoms with E-state index in [1.807, 2.05) is 18.0 Å². The molecule has 1 aliphatic heterocycles. The number of imidazole rings is 1. The molecular weight excluding hydrogens is 420 g/mol. The topological polar surface area (TPSA) is 79.0 Å². The molecule has 8 heteroatoms. The van der Waals surface area contributed by atoms with Gasteiger partial charge in [0.05, 0.1) is 36.2 Å². The quantitative estimate of drug-likeness (QED) is 0.525. The van der Waals surface area contributed by atoms with Crippen LogP contribution in [0.3, 0.4) is 0 Å². The highest BCUT2D eigenvalue weighted by Crippen LogP contribution is 2.56. The molecule has 1 saturated heterocycles. The van der Waals surface area contributed by atoms with Crippen LogP contribution in [0.25, 0.3) is 11.4 Å². The fourth-order valence-electron chi connectivity index (χ4n) is 4.19. The van der Waals surface area contributed by atoms with Crippen molar-refractivity contribution in [1.29, 1.82) is 0 Å². The highest BCUT2D eigenvalue weighted by atomic mass is 32.2. The van der Waals surface area contributed by atoms with E-state index in [2.05, 4.69) is 64.4 Å². The molecule has 1 atom stereocenters. The Labute approximate surface area is 193 Å². The summed E-state index contributed by atoms with van der Waals surface area (Å²) in [7, 11) is 0. The predicted octanol–water partition coefficient (Wildman–Crippen LogP) is 4.45. The number of nitrogens with one attached hydrogen (secondary N) is 2. The Bertz CT molecular complexity index is 1040. The summed E-state index contributed by atoms with van der Waals surface area (Å²) in [6, 6.07) is 10.9. The molecule has 7 nitrogen and oxygen atoms in total. The number of H-pyrrole nitrogens is 1. The number of aromatic nitrogens is 4. The second kappa shape index (κ2) is 9.11. The van der Waals surface area contributed by atoms with Gasteiger partial charge in [0.1, 0.15) is 11.6 Å². The van der Waals surface area contributed by atoms with Crippen molar-refractivity contribution >= 4 is 23.3 Å². The summed E-state index contributed by atoms with van der Waals surface area (Å²) in [6.45, 7) is 7.43. The lowest BCUT2D eigenvalue weighted by molar-refractivity contribution is 0.0985. The molecule has 0 spiro atoms. The zero-order valence-corrected chi connectivity index (χ0v) is 19.5. The van der Waals surface area contributed by atoms with Crippen LogP contribution in [0.1, 0.15) is 38.2 Å². The largest absolute Gasteiger partial charge is 0.378 e. The molecule has 0 radical (unpaired) electrons. The molecule has 1 saturated carbocycles. The second-order valence-electron chi connectivity index (χ2n) is 8.45. The third-order valence-corrected chi connectivity index (χ3v) is 7.58. The van der Waals surface area contributed by atoms with Gasteiger partial charge in [-0.2, -0.15) is 0 Å². The molecule has 0 amide bonds. The molecule has 5 rings (SSSR count). The third-order valence-electron chi connectivity index (χ3n) is 6.12. The first kappa shape index (κ1) is 21.3. The van der Waals surface area contributed by atoms with Crippen LogP contribution in [-0.4, -0.2) is 51.5 Å². The monoisotopic (exact) mass is 450 g/mol. The van der Waals surface area contributed by atoms with Gasteiger partial charge in [0.25, 0.3) is 0 Å². The van der Waals surface area contributed by atoms with Crippen molar-refractivity contribution in [3.8, 4) is 11.4 Å². The first-order chi connectivity index (χ1) is 15.7. The summed E-state index contributed by atoms with van der Waals surface area (Å²) in [5.41, 5.74) is 3.25. The lowest BCUT2D eigenvalue weighted by Crippen LogP contribution is -2.44. The Kier molecular flexibility index (Phi) is 6.06. The van der Waals surface area contributed by atoms with E-state index in [-0.39, 0.29) is 4.75 Å². The second-order valence-corrected chi connectivity index (χ2v) is 10.1. The molecule has 1 unspecified atom stereocenters. The van der Waals surface area contributed by atoms with Gasteiger partial charge in [0.2, 0.25) is 0 Å². The zero-order chi connectivity index (χ0) is 22.0. The lowest BCUT2D eigenvalue weighted by atomic mass is 10.1. The van der Waals surface area contributed by atoms with Crippen LogP contribution in [0.15, 0.2) is 42.7 Å². The minimum atomic E-state index is 0.154. The van der Waals surface area contributed by atoms with Crippen LogP contribution >= 0.6 is 11.8 Å². The van der Waals surface area contributed by atoms with Gasteiger partial charge < -0.3 is 19.9 Å². The van der Waals surface area contributed by atoms with Crippen LogP contribution in [0.4, 0.5) is 11.5 Å². The van der Waals surface area contributed by atoms with E-state index in [4.69, 9.17) is 14.7 Å². The molecule has 2 N–H and O–H groups in total. The van der Waals surface area contributed by atoms with Gasteiger partial charge in [0, 0.05) is 36.3 Å². The third kappa shape index (κ3) is 4.47. The molecule has 3 aromatic rings. The number of morpholine rings is 1. The minimum absolute atomic E-state index is 0.154. The highest BCUT2D eigenvalue weighted by Gasteiger charge is 2.46. The Balaban J connectivity index is 1.43. The molecule has 32 heavy (non-hydrogen) atoms. The van der Waals surface area contributed by atoms with Gasteiger partial charge in [0.15, 0.2) is 5.82 Å². The van der Waals surface area contributed by atoms with Crippen molar-refractivity contribution in [2.24, 2.45) is 0 Å². The van der Waals surface area contributed by atoms with E-state index in [1.165, 1.54) is 18.5 Å². The number of ether oxygens (including phenoxy) is 1. The molecule has 2 fully saturated rings. The van der Waals surface area contributed by atoms with Crippen LogP contribution in [0.2, 0.25) is 0 Å². The maximum Gasteiger partial charge on any atom is 0.161 e. The Morgan fingerprint density at radius 1 is 1.25 bits per heavy atom. The summed E-state index contributed by atoms with van der Waals surface area (Å²) < 4.78 is 5.81. The summed E-state index contributed by atoms with van der Waals surface area (Å²) in [4.78, 5) is 19.8. The van der Waals surface area contributed by atoms with Crippen molar-refractivity contribution in [3.63, 3.8) is 0 Å².